The molecule has 198 valence electrons. The van der Waals surface area contributed by atoms with Gasteiger partial charge in [0.1, 0.15) is 11.5 Å². The van der Waals surface area contributed by atoms with Gasteiger partial charge in [-0.05, 0) is 60.7 Å². The molecule has 8 heteroatoms. The summed E-state index contributed by atoms with van der Waals surface area (Å²) >= 11 is 6.33. The third-order valence-corrected chi connectivity index (χ3v) is 10.1. The highest BCUT2D eigenvalue weighted by Gasteiger charge is 2.35. The highest BCUT2D eigenvalue weighted by atomic mass is 35.5. The Kier molecular flexibility index (Phi) is 8.06. The van der Waals surface area contributed by atoms with Gasteiger partial charge < -0.3 is 14.8 Å². The Hall–Kier alpha value is -2.51. The summed E-state index contributed by atoms with van der Waals surface area (Å²) in [6.45, 7) is 8.54. The molecular formula is C30H33Cl2N4OS+. The van der Waals surface area contributed by atoms with Gasteiger partial charge in [-0.3, -0.25) is 0 Å². The minimum absolute atomic E-state index is 0. The second-order valence-electron chi connectivity index (χ2n) is 10.0. The van der Waals surface area contributed by atoms with Crippen molar-refractivity contribution in [1.82, 2.24) is 14.9 Å². The first kappa shape index (κ1) is 27.1. The van der Waals surface area contributed by atoms with Crippen LogP contribution in [0.25, 0.3) is 10.9 Å². The van der Waals surface area contributed by atoms with Gasteiger partial charge in [-0.15, -0.1) is 12.4 Å². The molecule has 5 nitrogen and oxygen atoms in total. The average Bonchev–Trinajstić information content (AvgIpc) is 3.17. The molecule has 1 N–H and O–H groups in total. The molecule has 0 amide bonds. The summed E-state index contributed by atoms with van der Waals surface area (Å²) in [5.74, 6) is 2.73. The maximum atomic E-state index is 13.7. The number of carbonyl (C=O) groups is 1. The van der Waals surface area contributed by atoms with Gasteiger partial charge in [-0.1, -0.05) is 48.0 Å². The fourth-order valence-corrected chi connectivity index (χ4v) is 7.58. The van der Waals surface area contributed by atoms with E-state index in [4.69, 9.17) is 16.6 Å². The van der Waals surface area contributed by atoms with Crippen molar-refractivity contribution in [1.29, 1.82) is 0 Å². The first-order valence-electron chi connectivity index (χ1n) is 13.0. The van der Waals surface area contributed by atoms with Gasteiger partial charge in [0.15, 0.2) is 11.5 Å². The number of aryl methyl sites for hydroxylation is 1. The summed E-state index contributed by atoms with van der Waals surface area (Å²) < 4.78 is 2.36. The Bertz CT molecular complexity index is 1500. The fourth-order valence-electron chi connectivity index (χ4n) is 5.61. The van der Waals surface area contributed by atoms with Crippen molar-refractivity contribution in [3.63, 3.8) is 0 Å². The van der Waals surface area contributed by atoms with E-state index in [1.165, 1.54) is 22.4 Å². The number of nitrogens with one attached hydrogen (secondary N) is 1. The predicted molar refractivity (Wildman–Crippen MR) is 163 cm³/mol. The number of hydrogen-bond acceptors (Lipinski definition) is 4. The minimum atomic E-state index is -0.276. The van der Waals surface area contributed by atoms with E-state index in [0.717, 1.165) is 71.4 Å². The molecule has 2 aromatic carbocycles. The highest BCUT2D eigenvalue weighted by Crippen LogP contribution is 2.36. The van der Waals surface area contributed by atoms with Gasteiger partial charge in [0.25, 0.3) is 0 Å². The predicted octanol–water partition coefficient (Wildman–Crippen LogP) is 5.70. The molecule has 0 radical (unpaired) electrons. The zero-order valence-electron chi connectivity index (χ0n) is 21.8. The maximum Gasteiger partial charge on any atom is 0.380 e. The molecule has 38 heavy (non-hydrogen) atoms. The third kappa shape index (κ3) is 5.07. The van der Waals surface area contributed by atoms with Crippen LogP contribution < -0.4 is 10.2 Å². The number of rotatable bonds is 4. The topological polar surface area (TPSA) is 50.2 Å². The Morgan fingerprint density at radius 3 is 2.58 bits per heavy atom. The van der Waals surface area contributed by atoms with E-state index in [1.54, 1.807) is 0 Å². The molecule has 0 bridgehead atoms. The zero-order valence-corrected chi connectivity index (χ0v) is 24.2. The summed E-state index contributed by atoms with van der Waals surface area (Å²) in [7, 11) is -0.276. The molecule has 1 saturated heterocycles. The number of hydrogen-bond donors (Lipinski definition) is 1. The third-order valence-electron chi connectivity index (χ3n) is 7.78. The van der Waals surface area contributed by atoms with Crippen LogP contribution in [0.4, 0.5) is 5.82 Å². The van der Waals surface area contributed by atoms with E-state index in [9.17, 15) is 4.79 Å². The van der Waals surface area contributed by atoms with E-state index >= 15 is 0 Å². The maximum absolute atomic E-state index is 13.7. The molecule has 0 atom stereocenters. The number of pyridine rings is 1. The van der Waals surface area contributed by atoms with Gasteiger partial charge >= 0.3 is 5.12 Å². The molecular weight excluding hydrogens is 535 g/mol. The number of nitrogens with zero attached hydrogens (tertiary/aromatic N) is 3. The number of anilines is 1. The van der Waals surface area contributed by atoms with Crippen molar-refractivity contribution < 1.29 is 4.79 Å². The van der Waals surface area contributed by atoms with Crippen LogP contribution in [0.2, 0.25) is 5.02 Å². The molecule has 6 rings (SSSR count). The Morgan fingerprint density at radius 2 is 1.82 bits per heavy atom. The molecule has 2 aromatic heterocycles. The van der Waals surface area contributed by atoms with E-state index < -0.39 is 0 Å². The molecule has 4 heterocycles. The number of carbonyl (C=O) groups excluding carboxylic acids is 1. The van der Waals surface area contributed by atoms with Crippen LogP contribution in [-0.4, -0.2) is 45.8 Å². The van der Waals surface area contributed by atoms with Crippen LogP contribution in [-0.2, 0) is 30.4 Å². The molecule has 2 aliphatic heterocycles. The van der Waals surface area contributed by atoms with Gasteiger partial charge in [-0.25, -0.2) is 9.78 Å². The molecule has 4 aromatic rings. The minimum Gasteiger partial charge on any atom is -0.350 e. The molecule has 0 aliphatic carbocycles. The second kappa shape index (κ2) is 11.3. The standard InChI is InChI=1S/C30H32ClN4OS.ClH/c1-20-21(2)35(18-22-6-5-9-25(31)16-22)28-26(20)17-27(30(36)37-14-11-32-12-15-37)33-29(28)34-13-10-23-7-3-4-8-24(23)19-34;/h3-9,16-17,32H,10-15,18-19H2,1-2H3;1H/q+1;. The molecule has 0 spiro atoms. The lowest BCUT2D eigenvalue weighted by atomic mass is 10.00. The number of fused-ring (bicyclic) bond motifs is 2. The number of benzene rings is 2. The van der Waals surface area contributed by atoms with E-state index in [2.05, 4.69) is 65.0 Å². The van der Waals surface area contributed by atoms with Crippen LogP contribution in [0.3, 0.4) is 0 Å². The van der Waals surface area contributed by atoms with Gasteiger partial charge in [0, 0.05) is 48.8 Å². The van der Waals surface area contributed by atoms with Crippen LogP contribution in [0.5, 0.6) is 0 Å². The fraction of sp³-hybridized carbons (Fsp3) is 0.333. The SMILES string of the molecule is Cc1c(C)n(Cc2cccc(Cl)c2)c2c(N3CCc4ccccc4C3)nc(C(=O)[S+]3CCNCC3)cc12.Cl. The van der Waals surface area contributed by atoms with Crippen molar-refractivity contribution in [2.24, 2.45) is 0 Å². The molecule has 0 unspecified atom stereocenters. The normalized spacial score (nSPS) is 15.8. The lowest BCUT2D eigenvalue weighted by Crippen LogP contribution is -2.40. The highest BCUT2D eigenvalue weighted by molar-refractivity contribution is 8.11. The lowest BCUT2D eigenvalue weighted by molar-refractivity contribution is 0.108. The van der Waals surface area contributed by atoms with E-state index in [1.807, 2.05) is 18.2 Å². The van der Waals surface area contributed by atoms with Crippen molar-refractivity contribution in [3.8, 4) is 0 Å². The Balaban J connectivity index is 0.00000294. The van der Waals surface area contributed by atoms with E-state index in [0.29, 0.717) is 12.2 Å². The first-order valence-corrected chi connectivity index (χ1v) is 14.9. The van der Waals surface area contributed by atoms with Gasteiger partial charge in [0.2, 0.25) is 0 Å². The van der Waals surface area contributed by atoms with Crippen molar-refractivity contribution >= 4 is 56.7 Å². The lowest BCUT2D eigenvalue weighted by Gasteiger charge is -2.31. The van der Waals surface area contributed by atoms with Crippen molar-refractivity contribution in [2.45, 2.75) is 33.4 Å². The Labute approximate surface area is 238 Å². The summed E-state index contributed by atoms with van der Waals surface area (Å²) in [4.78, 5) is 21.2. The smallest absolute Gasteiger partial charge is 0.350 e. The summed E-state index contributed by atoms with van der Waals surface area (Å²) in [6.07, 6.45) is 0.973. The summed E-state index contributed by atoms with van der Waals surface area (Å²) in [5, 5.41) is 5.46. The number of halogens is 2. The molecule has 0 saturated carbocycles. The zero-order chi connectivity index (χ0) is 25.5. The average molecular weight is 569 g/mol. The molecule has 2 aliphatic rings. The Morgan fingerprint density at radius 1 is 1.05 bits per heavy atom. The van der Waals surface area contributed by atoms with Crippen molar-refractivity contribution in [3.05, 3.63) is 93.3 Å². The quantitative estimate of drug-likeness (QED) is 0.321. The molecule has 1 fully saturated rings. The summed E-state index contributed by atoms with van der Waals surface area (Å²) in [5.41, 5.74) is 8.03. The van der Waals surface area contributed by atoms with Gasteiger partial charge in [-0.2, -0.15) is 0 Å². The first-order chi connectivity index (χ1) is 18.0. The summed E-state index contributed by atoms with van der Waals surface area (Å²) in [6, 6.07) is 18.8. The van der Waals surface area contributed by atoms with Crippen LogP contribution in [0.1, 0.15) is 38.4 Å². The van der Waals surface area contributed by atoms with Gasteiger partial charge in [0.05, 0.1) is 16.4 Å². The van der Waals surface area contributed by atoms with Crippen LogP contribution in [0.15, 0.2) is 54.6 Å². The largest absolute Gasteiger partial charge is 0.380 e. The van der Waals surface area contributed by atoms with Crippen LogP contribution in [0, 0.1) is 13.8 Å². The monoisotopic (exact) mass is 567 g/mol. The number of aromatic nitrogens is 2. The second-order valence-corrected chi connectivity index (χ2v) is 12.6. The van der Waals surface area contributed by atoms with E-state index in [-0.39, 0.29) is 28.4 Å². The van der Waals surface area contributed by atoms with Crippen molar-refractivity contribution in [2.75, 3.05) is 36.0 Å². The van der Waals surface area contributed by atoms with Crippen LogP contribution >= 0.6 is 24.0 Å².